The van der Waals surface area contributed by atoms with Crippen LogP contribution in [0.4, 0.5) is 5.69 Å². The topological polar surface area (TPSA) is 68.4 Å². The quantitative estimate of drug-likeness (QED) is 0.629. The van der Waals surface area contributed by atoms with E-state index in [4.69, 9.17) is 0 Å². The molecule has 0 atom stereocenters. The summed E-state index contributed by atoms with van der Waals surface area (Å²) in [6.07, 6.45) is 1.93. The largest absolute Gasteiger partial charge is 0.353 e. The van der Waals surface area contributed by atoms with Crippen LogP contribution in [0.25, 0.3) is 0 Å². The lowest BCUT2D eigenvalue weighted by Crippen LogP contribution is -2.36. The molecule has 0 aliphatic rings. The molecule has 1 amide bonds. The highest BCUT2D eigenvalue weighted by atomic mass is 16.6. The first-order valence-electron chi connectivity index (χ1n) is 7.05. The lowest BCUT2D eigenvalue weighted by Gasteiger charge is -2.27. The molecule has 0 saturated carbocycles. The molecule has 1 heterocycles. The first kappa shape index (κ1) is 15.8. The Morgan fingerprint density at radius 2 is 1.91 bits per heavy atom. The highest BCUT2D eigenvalue weighted by Gasteiger charge is 2.20. The van der Waals surface area contributed by atoms with Crippen molar-refractivity contribution >= 4 is 11.6 Å². The summed E-state index contributed by atoms with van der Waals surface area (Å²) in [5.41, 5.74) is 1.47. The molecule has 0 radical (unpaired) electrons. The van der Waals surface area contributed by atoms with Crippen molar-refractivity contribution in [3.8, 4) is 0 Å². The smallest absolute Gasteiger partial charge is 0.269 e. The average Bonchev–Trinajstić information content (AvgIpc) is 2.89. The van der Waals surface area contributed by atoms with Crippen molar-refractivity contribution < 1.29 is 9.72 Å². The van der Waals surface area contributed by atoms with Crippen molar-refractivity contribution in [2.75, 3.05) is 0 Å². The molecule has 1 aromatic carbocycles. The normalized spacial score (nSPS) is 10.7. The van der Waals surface area contributed by atoms with Crippen LogP contribution in [0.1, 0.15) is 29.9 Å². The van der Waals surface area contributed by atoms with Gasteiger partial charge in [0.25, 0.3) is 11.6 Å². The van der Waals surface area contributed by atoms with Gasteiger partial charge in [-0.1, -0.05) is 0 Å². The highest BCUT2D eigenvalue weighted by molar-refractivity contribution is 5.94. The number of nitrogens with zero attached hydrogens (tertiary/aromatic N) is 3. The Labute approximate surface area is 129 Å². The number of carbonyl (C=O) groups is 1. The Balaban J connectivity index is 2.22. The van der Waals surface area contributed by atoms with Gasteiger partial charge in [-0.3, -0.25) is 14.9 Å². The van der Waals surface area contributed by atoms with Gasteiger partial charge in [-0.25, -0.2) is 0 Å². The number of nitro benzene ring substituents is 1. The number of benzene rings is 1. The number of hydrogen-bond donors (Lipinski definition) is 0. The molecular weight excluding hydrogens is 282 g/mol. The number of rotatable bonds is 5. The van der Waals surface area contributed by atoms with Crippen molar-refractivity contribution in [2.45, 2.75) is 26.4 Å². The average molecular weight is 301 g/mol. The molecule has 116 valence electrons. The van der Waals surface area contributed by atoms with Gasteiger partial charge in [-0.15, -0.1) is 0 Å². The fraction of sp³-hybridized carbons (Fsp3) is 0.312. The number of non-ortho nitro benzene ring substituents is 1. The Bertz CT molecular complexity index is 674. The van der Waals surface area contributed by atoms with Gasteiger partial charge in [0.2, 0.25) is 0 Å². The molecule has 0 bridgehead atoms. The van der Waals surface area contributed by atoms with Gasteiger partial charge >= 0.3 is 0 Å². The van der Waals surface area contributed by atoms with Crippen molar-refractivity contribution in [2.24, 2.45) is 7.05 Å². The van der Waals surface area contributed by atoms with Gasteiger partial charge in [0.1, 0.15) is 0 Å². The van der Waals surface area contributed by atoms with Crippen molar-refractivity contribution in [1.29, 1.82) is 0 Å². The second-order valence-electron chi connectivity index (χ2n) is 5.44. The highest BCUT2D eigenvalue weighted by Crippen LogP contribution is 2.17. The Hall–Kier alpha value is -2.63. The van der Waals surface area contributed by atoms with Gasteiger partial charge < -0.3 is 9.47 Å². The Morgan fingerprint density at radius 3 is 2.36 bits per heavy atom. The molecule has 2 aromatic rings. The minimum Gasteiger partial charge on any atom is -0.353 e. The molecule has 0 saturated heterocycles. The predicted octanol–water partition coefficient (Wildman–Crippen LogP) is 2.98. The third-order valence-corrected chi connectivity index (χ3v) is 3.59. The van der Waals surface area contributed by atoms with Crippen LogP contribution in [0.15, 0.2) is 42.6 Å². The van der Waals surface area contributed by atoms with Crippen molar-refractivity contribution in [1.82, 2.24) is 9.47 Å². The molecule has 6 nitrogen and oxygen atoms in total. The maximum absolute atomic E-state index is 12.7. The zero-order chi connectivity index (χ0) is 16.3. The third kappa shape index (κ3) is 3.33. The Morgan fingerprint density at radius 1 is 1.27 bits per heavy atom. The second-order valence-corrected chi connectivity index (χ2v) is 5.44. The van der Waals surface area contributed by atoms with Gasteiger partial charge in [-0.2, -0.15) is 0 Å². The van der Waals surface area contributed by atoms with Crippen LogP contribution in [-0.2, 0) is 13.6 Å². The minimum atomic E-state index is -0.474. The molecule has 2 rings (SSSR count). The van der Waals surface area contributed by atoms with Crippen LogP contribution in [0, 0.1) is 10.1 Å². The van der Waals surface area contributed by atoms with Crippen LogP contribution in [-0.4, -0.2) is 26.3 Å². The summed E-state index contributed by atoms with van der Waals surface area (Å²) in [6.45, 7) is 4.40. The maximum atomic E-state index is 12.7. The van der Waals surface area contributed by atoms with E-state index in [1.54, 1.807) is 4.90 Å². The summed E-state index contributed by atoms with van der Waals surface area (Å²) in [5, 5.41) is 10.7. The molecular formula is C16H19N3O3. The van der Waals surface area contributed by atoms with Gasteiger partial charge in [0, 0.05) is 42.7 Å². The maximum Gasteiger partial charge on any atom is 0.269 e. The van der Waals surface area contributed by atoms with Crippen LogP contribution in [0.5, 0.6) is 0 Å². The SMILES string of the molecule is CC(C)N(Cc1cccn1C)C(=O)c1ccc([N+](=O)[O-])cc1. The van der Waals surface area contributed by atoms with E-state index in [9.17, 15) is 14.9 Å². The molecule has 0 spiro atoms. The number of aromatic nitrogens is 1. The standard InChI is InChI=1S/C16H19N3O3/c1-12(2)18(11-15-5-4-10-17(15)3)16(20)13-6-8-14(9-7-13)19(21)22/h4-10,12H,11H2,1-3H3. The summed E-state index contributed by atoms with van der Waals surface area (Å²) in [7, 11) is 1.93. The molecule has 22 heavy (non-hydrogen) atoms. The van der Waals surface area contributed by atoms with Crippen LogP contribution >= 0.6 is 0 Å². The van der Waals surface area contributed by atoms with Crippen LogP contribution in [0.2, 0.25) is 0 Å². The third-order valence-electron chi connectivity index (χ3n) is 3.59. The molecule has 0 aliphatic carbocycles. The van der Waals surface area contributed by atoms with Crippen LogP contribution < -0.4 is 0 Å². The fourth-order valence-corrected chi connectivity index (χ4v) is 2.22. The van der Waals surface area contributed by atoms with Gasteiger partial charge in [-0.05, 0) is 38.1 Å². The molecule has 0 fully saturated rings. The first-order chi connectivity index (χ1) is 10.4. The lowest BCUT2D eigenvalue weighted by molar-refractivity contribution is -0.384. The second kappa shape index (κ2) is 6.43. The van der Waals surface area contributed by atoms with Crippen LogP contribution in [0.3, 0.4) is 0 Å². The van der Waals surface area contributed by atoms with E-state index in [0.29, 0.717) is 12.1 Å². The monoisotopic (exact) mass is 301 g/mol. The summed E-state index contributed by atoms with van der Waals surface area (Å²) in [4.78, 5) is 24.6. The fourth-order valence-electron chi connectivity index (χ4n) is 2.22. The van der Waals surface area contributed by atoms with Gasteiger partial charge in [0.05, 0.1) is 11.5 Å². The van der Waals surface area contributed by atoms with Gasteiger partial charge in [0.15, 0.2) is 0 Å². The molecule has 0 unspecified atom stereocenters. The van der Waals surface area contributed by atoms with Crippen molar-refractivity contribution in [3.05, 3.63) is 64.0 Å². The summed E-state index contributed by atoms with van der Waals surface area (Å²) in [6, 6.07) is 9.64. The predicted molar refractivity (Wildman–Crippen MR) is 83.5 cm³/mol. The van der Waals surface area contributed by atoms with E-state index in [-0.39, 0.29) is 17.6 Å². The lowest BCUT2D eigenvalue weighted by atomic mass is 10.1. The molecule has 1 aromatic heterocycles. The molecule has 0 N–H and O–H groups in total. The molecule has 6 heteroatoms. The summed E-state index contributed by atoms with van der Waals surface area (Å²) in [5.74, 6) is -0.133. The number of amides is 1. The first-order valence-corrected chi connectivity index (χ1v) is 7.05. The van der Waals surface area contributed by atoms with E-state index in [1.807, 2.05) is 43.8 Å². The number of nitro groups is 1. The van der Waals surface area contributed by atoms with E-state index in [0.717, 1.165) is 5.69 Å². The summed E-state index contributed by atoms with van der Waals surface area (Å²) < 4.78 is 1.97. The number of hydrogen-bond acceptors (Lipinski definition) is 3. The minimum absolute atomic E-state index is 0.0184. The van der Waals surface area contributed by atoms with Crippen molar-refractivity contribution in [3.63, 3.8) is 0 Å². The van der Waals surface area contributed by atoms with E-state index in [2.05, 4.69) is 0 Å². The molecule has 0 aliphatic heterocycles. The zero-order valence-corrected chi connectivity index (χ0v) is 12.9. The van der Waals surface area contributed by atoms with E-state index >= 15 is 0 Å². The zero-order valence-electron chi connectivity index (χ0n) is 12.9. The van der Waals surface area contributed by atoms with E-state index < -0.39 is 4.92 Å². The summed E-state index contributed by atoms with van der Waals surface area (Å²) >= 11 is 0. The number of aryl methyl sites for hydroxylation is 1. The Kier molecular flexibility index (Phi) is 4.60. The number of carbonyl (C=O) groups excluding carboxylic acids is 1. The van der Waals surface area contributed by atoms with E-state index in [1.165, 1.54) is 24.3 Å².